The number of benzene rings is 1. The quantitative estimate of drug-likeness (QED) is 0.282. The zero-order chi connectivity index (χ0) is 73.7. The number of rotatable bonds is 10. The lowest BCUT2D eigenvalue weighted by molar-refractivity contribution is -0.158. The molecular weight excluding hydrogens is 1320 g/mol. The van der Waals surface area contributed by atoms with Crippen molar-refractivity contribution >= 4 is 82.5 Å². The van der Waals surface area contributed by atoms with Crippen LogP contribution < -0.4 is 16.0 Å². The first-order valence-corrected chi connectivity index (χ1v) is 36.3. The first-order valence-electron chi connectivity index (χ1n) is 35.9. The highest BCUT2D eigenvalue weighted by Crippen LogP contribution is 2.38. The van der Waals surface area contributed by atoms with Gasteiger partial charge in [0.15, 0.2) is 0 Å². The van der Waals surface area contributed by atoms with E-state index in [-0.39, 0.29) is 89.6 Å². The summed E-state index contributed by atoms with van der Waals surface area (Å²) in [5.41, 5.74) is -2.36. The molecule has 0 bridgehead atoms. The molecule has 0 radical (unpaired) electrons. The predicted octanol–water partition coefficient (Wildman–Crippen LogP) is 4.88. The summed E-state index contributed by atoms with van der Waals surface area (Å²) < 4.78 is 47.2. The van der Waals surface area contributed by atoms with Crippen LogP contribution in [0.1, 0.15) is 167 Å². The Hall–Kier alpha value is -7.10. The monoisotopic (exact) mass is 1430 g/mol. The fraction of sp³-hybridized carbons (Fsp3) is 0.746. The number of fused-ring (bicyclic) bond motifs is 1. The molecule has 1 aromatic carbocycles. The number of likely N-dealkylation sites (N-methyl/N-ethyl adjacent to an activating group) is 7. The second-order valence-corrected chi connectivity index (χ2v) is 30.0. The molecule has 6 aliphatic rings. The minimum absolute atomic E-state index is 0.0168. The molecule has 6 fully saturated rings. The first-order chi connectivity index (χ1) is 47.2. The van der Waals surface area contributed by atoms with E-state index in [1.54, 1.807) is 13.8 Å². The van der Waals surface area contributed by atoms with Crippen molar-refractivity contribution in [3.63, 3.8) is 0 Å². The molecule has 558 valence electrons. The van der Waals surface area contributed by atoms with Gasteiger partial charge in [0.1, 0.15) is 47.8 Å². The van der Waals surface area contributed by atoms with Crippen LogP contribution in [0.15, 0.2) is 18.2 Å². The van der Waals surface area contributed by atoms with Crippen LogP contribution in [0.2, 0.25) is 5.02 Å². The Morgan fingerprint density at radius 3 is 1.83 bits per heavy atom. The smallest absolute Gasteiger partial charge is 0.378 e. The fourth-order valence-corrected chi connectivity index (χ4v) is 15.7. The number of nitrogens with zero attached hydrogens (tertiary/aromatic N) is 9. The number of hydrogen-bond acceptors (Lipinski definition) is 13. The van der Waals surface area contributed by atoms with Crippen molar-refractivity contribution in [2.24, 2.45) is 23.7 Å². The molecular formula is C71H108ClF3N12O13. The molecule has 3 saturated heterocycles. The number of carbonyl (C=O) groups excluding carboxylic acids is 12. The maximum atomic E-state index is 15.8. The minimum atomic E-state index is -4.76. The molecule has 12 amide bonds. The highest BCUT2D eigenvalue weighted by molar-refractivity contribution is 6.31. The first kappa shape index (κ1) is 80.2. The topological polar surface area (TPSA) is 279 Å². The summed E-state index contributed by atoms with van der Waals surface area (Å²) in [5.74, 6) is -9.04. The molecule has 3 heterocycles. The van der Waals surface area contributed by atoms with Gasteiger partial charge in [-0.3, -0.25) is 57.5 Å². The third kappa shape index (κ3) is 20.2. The maximum absolute atomic E-state index is 15.8. The number of carbonyl (C=O) groups is 12. The number of ether oxygens (including phenoxy) is 1. The van der Waals surface area contributed by atoms with Gasteiger partial charge < -0.3 is 64.8 Å². The zero-order valence-corrected chi connectivity index (χ0v) is 61.2. The third-order valence-corrected chi connectivity index (χ3v) is 21.8. The predicted molar refractivity (Wildman–Crippen MR) is 366 cm³/mol. The number of hydrogen-bond donors (Lipinski definition) is 3. The van der Waals surface area contributed by atoms with Crippen LogP contribution >= 0.6 is 11.6 Å². The standard InChI is InChI=1S/C71H108ClF3N12O13/c1-44(2)37-53-62(92)77-60(45(3)4)67(97)81(7)42-58(90)79(5)43-59(91)83(9)54(39-46-21-14-12-15-22-46)65(95)80(6)41-56(88)76-51(29-27-47-26-28-49(50(72)38-47)71(73,74)75)64(94)87-32-20-25-52(87)63(93)78-70(30-18-19-31-70)69(99)85(11)61(48-23-16-13-17-24-48)68(98)84(10)55(40-57(89)82(53)8)66(96)86-33-35-100-36-34-86/h26,28,38,44-46,48,51-55,60-61H,12-25,27,29-37,39-43H2,1-11H3,(H,76,88)(H,77,92)(H,78,93)/t51-,52-,53-,54-,55-,60-,61-/m0/s1. The molecule has 0 aromatic heterocycles. The summed E-state index contributed by atoms with van der Waals surface area (Å²) in [5, 5.41) is 8.11. The molecule has 1 aromatic rings. The Bertz CT molecular complexity index is 3120. The molecule has 100 heavy (non-hydrogen) atoms. The van der Waals surface area contributed by atoms with Crippen molar-refractivity contribution in [1.82, 2.24) is 60.0 Å². The Morgan fingerprint density at radius 2 is 1.23 bits per heavy atom. The summed E-state index contributed by atoms with van der Waals surface area (Å²) in [6, 6.07) is -5.67. The highest BCUT2D eigenvalue weighted by atomic mass is 35.5. The number of aryl methyl sites for hydroxylation is 1. The van der Waals surface area contributed by atoms with Crippen molar-refractivity contribution in [1.29, 1.82) is 0 Å². The van der Waals surface area contributed by atoms with Crippen molar-refractivity contribution in [3.05, 3.63) is 34.3 Å². The zero-order valence-electron chi connectivity index (χ0n) is 60.4. The molecule has 7 rings (SSSR count). The van der Waals surface area contributed by atoms with Crippen LogP contribution in [-0.2, 0) is 74.9 Å². The molecule has 0 unspecified atom stereocenters. The summed E-state index contributed by atoms with van der Waals surface area (Å²) in [7, 11) is 9.91. The summed E-state index contributed by atoms with van der Waals surface area (Å²) in [6.07, 6.45) is 4.24. The lowest BCUT2D eigenvalue weighted by Crippen LogP contribution is -2.65. The van der Waals surface area contributed by atoms with E-state index >= 15 is 28.8 Å². The second kappa shape index (κ2) is 35.7. The average molecular weight is 1430 g/mol. The third-order valence-electron chi connectivity index (χ3n) is 21.5. The molecule has 1 spiro atoms. The Kier molecular flexibility index (Phi) is 28.6. The lowest BCUT2D eigenvalue weighted by Gasteiger charge is -2.43. The summed E-state index contributed by atoms with van der Waals surface area (Å²) in [4.78, 5) is 190. The van der Waals surface area contributed by atoms with Gasteiger partial charge >= 0.3 is 6.18 Å². The van der Waals surface area contributed by atoms with E-state index in [2.05, 4.69) is 16.0 Å². The Balaban J connectivity index is 1.28. The van der Waals surface area contributed by atoms with Crippen LogP contribution in [0.5, 0.6) is 0 Å². The molecule has 25 nitrogen and oxygen atoms in total. The molecule has 3 aliphatic heterocycles. The van der Waals surface area contributed by atoms with Crippen LogP contribution in [0, 0.1) is 23.7 Å². The number of nitrogens with one attached hydrogen (secondary N) is 3. The summed E-state index contributed by atoms with van der Waals surface area (Å²) in [6.45, 7) is 6.15. The van der Waals surface area contributed by atoms with Crippen LogP contribution in [-0.4, -0.2) is 265 Å². The van der Waals surface area contributed by atoms with Crippen molar-refractivity contribution < 1.29 is 75.4 Å². The van der Waals surface area contributed by atoms with E-state index in [9.17, 15) is 41.9 Å². The normalized spacial score (nSPS) is 26.7. The van der Waals surface area contributed by atoms with Gasteiger partial charge in [-0.2, -0.15) is 13.2 Å². The Morgan fingerprint density at radius 1 is 0.630 bits per heavy atom. The number of alkyl halides is 3. The van der Waals surface area contributed by atoms with Gasteiger partial charge in [0.2, 0.25) is 70.9 Å². The lowest BCUT2D eigenvalue weighted by atomic mass is 9.81. The number of halogens is 4. The van der Waals surface area contributed by atoms with E-state index in [1.807, 2.05) is 13.8 Å². The van der Waals surface area contributed by atoms with Crippen LogP contribution in [0.25, 0.3) is 0 Å². The molecule has 3 aliphatic carbocycles. The molecule has 3 N–H and O–H groups in total. The Labute approximate surface area is 591 Å². The van der Waals surface area contributed by atoms with Gasteiger partial charge in [0.25, 0.3) is 0 Å². The number of amides is 12. The van der Waals surface area contributed by atoms with Crippen molar-refractivity contribution in [3.8, 4) is 0 Å². The fourth-order valence-electron chi connectivity index (χ4n) is 15.3. The molecule has 3 saturated carbocycles. The SMILES string of the molecule is CC(C)C[C@H]1C(=O)N[C@@H](C(C)C)C(=O)N(C)CC(=O)N(C)CC(=O)N(C)[C@@H](CC2CCCCC2)C(=O)N(C)CC(=O)N[C@@H](CCc2ccc(C(F)(F)F)c(Cl)c2)C(=O)N2CCC[C@H]2C(=O)NC2(CCCC2)C(=O)N(C)[C@@H](C2CCCCC2)C(=O)N(C)[C@H](C(=O)N2CCOCC2)CC(=O)N1C. The maximum Gasteiger partial charge on any atom is 0.417 e. The highest BCUT2D eigenvalue weighted by Gasteiger charge is 2.51. The van der Waals surface area contributed by atoms with Gasteiger partial charge in [0.05, 0.1) is 49.9 Å². The van der Waals surface area contributed by atoms with Crippen molar-refractivity contribution in [2.45, 2.75) is 217 Å². The number of morpholine rings is 1. The van der Waals surface area contributed by atoms with Crippen LogP contribution in [0.4, 0.5) is 13.2 Å². The van der Waals surface area contributed by atoms with E-state index in [1.165, 1.54) is 84.8 Å². The minimum Gasteiger partial charge on any atom is -0.378 e. The van der Waals surface area contributed by atoms with Gasteiger partial charge in [0, 0.05) is 69.0 Å². The van der Waals surface area contributed by atoms with Gasteiger partial charge in [-0.15, -0.1) is 0 Å². The van der Waals surface area contributed by atoms with Gasteiger partial charge in [-0.05, 0) is 106 Å². The van der Waals surface area contributed by atoms with E-state index in [4.69, 9.17) is 16.3 Å². The van der Waals surface area contributed by atoms with E-state index in [0.29, 0.717) is 37.7 Å². The summed E-state index contributed by atoms with van der Waals surface area (Å²) >= 11 is 6.16. The van der Waals surface area contributed by atoms with Crippen LogP contribution in [0.3, 0.4) is 0 Å². The van der Waals surface area contributed by atoms with Gasteiger partial charge in [-0.25, -0.2) is 0 Å². The second-order valence-electron chi connectivity index (χ2n) is 29.6. The molecule has 29 heteroatoms. The van der Waals surface area contributed by atoms with Gasteiger partial charge in [-0.1, -0.05) is 110 Å². The van der Waals surface area contributed by atoms with Crippen molar-refractivity contribution in [2.75, 3.05) is 102 Å². The van der Waals surface area contributed by atoms with E-state index in [0.717, 1.165) is 78.2 Å². The molecule has 7 atom stereocenters. The average Bonchev–Trinajstić information content (AvgIpc) is 1.54. The largest absolute Gasteiger partial charge is 0.417 e. The van der Waals surface area contributed by atoms with E-state index < -0.39 is 173 Å².